The van der Waals surface area contributed by atoms with Crippen LogP contribution in [0.5, 0.6) is 11.5 Å². The number of benzene rings is 3. The number of aryl methyl sites for hydroxylation is 1. The highest BCUT2D eigenvalue weighted by atomic mass is 35.5. The molecule has 0 radical (unpaired) electrons. The molecule has 3 rings (SSSR count). The van der Waals surface area contributed by atoms with Crippen LogP contribution >= 0.6 is 23.2 Å². The molecular weight excluding hydrogens is 529 g/mol. The summed E-state index contributed by atoms with van der Waals surface area (Å²) in [7, 11) is -2.44. The van der Waals surface area contributed by atoms with Gasteiger partial charge < -0.3 is 9.47 Å². The number of nitrogens with one attached hydrogen (secondary N) is 2. The van der Waals surface area contributed by atoms with E-state index in [1.165, 1.54) is 55.8 Å². The van der Waals surface area contributed by atoms with E-state index in [0.717, 1.165) is 5.56 Å². The lowest BCUT2D eigenvalue weighted by atomic mass is 10.2. The van der Waals surface area contributed by atoms with E-state index in [0.29, 0.717) is 10.6 Å². The minimum absolute atomic E-state index is 0.0515. The molecular formula is C24H21Cl2N3O6S. The summed E-state index contributed by atoms with van der Waals surface area (Å²) in [6.45, 7) is 1.33. The van der Waals surface area contributed by atoms with Crippen molar-refractivity contribution in [2.75, 3.05) is 13.7 Å². The summed E-state index contributed by atoms with van der Waals surface area (Å²) in [6.07, 6.45) is 1.32. The maximum absolute atomic E-state index is 12.5. The average Bonchev–Trinajstić information content (AvgIpc) is 2.83. The van der Waals surface area contributed by atoms with Crippen LogP contribution in [-0.2, 0) is 14.8 Å². The van der Waals surface area contributed by atoms with Gasteiger partial charge in [-0.15, -0.1) is 0 Å². The third kappa shape index (κ3) is 7.28. The zero-order valence-electron chi connectivity index (χ0n) is 19.1. The van der Waals surface area contributed by atoms with Gasteiger partial charge in [0.2, 0.25) is 10.0 Å². The number of carbonyl (C=O) groups excluding carboxylic acids is 2. The highest BCUT2D eigenvalue weighted by molar-refractivity contribution is 7.89. The predicted octanol–water partition coefficient (Wildman–Crippen LogP) is 3.96. The van der Waals surface area contributed by atoms with Gasteiger partial charge in [0, 0.05) is 5.02 Å². The molecule has 0 unspecified atom stereocenters. The zero-order chi connectivity index (χ0) is 26.3. The third-order valence-electron chi connectivity index (χ3n) is 4.70. The summed E-state index contributed by atoms with van der Waals surface area (Å²) < 4.78 is 37.4. The fourth-order valence-corrected chi connectivity index (χ4v) is 4.31. The Morgan fingerprint density at radius 2 is 1.72 bits per heavy atom. The lowest BCUT2D eigenvalue weighted by Crippen LogP contribution is -2.34. The van der Waals surface area contributed by atoms with Crippen LogP contribution in [-0.4, -0.2) is 40.2 Å². The number of hydrazone groups is 1. The van der Waals surface area contributed by atoms with Crippen molar-refractivity contribution >= 4 is 51.3 Å². The van der Waals surface area contributed by atoms with Gasteiger partial charge in [0.1, 0.15) is 0 Å². The van der Waals surface area contributed by atoms with Crippen LogP contribution in [0.2, 0.25) is 10.0 Å². The number of nitrogens with zero attached hydrogens (tertiary/aromatic N) is 1. The number of hydrogen-bond donors (Lipinski definition) is 2. The topological polar surface area (TPSA) is 123 Å². The Morgan fingerprint density at radius 1 is 1.00 bits per heavy atom. The van der Waals surface area contributed by atoms with Gasteiger partial charge >= 0.3 is 5.97 Å². The van der Waals surface area contributed by atoms with Crippen molar-refractivity contribution in [2.24, 2.45) is 5.10 Å². The Kier molecular flexibility index (Phi) is 9.05. The van der Waals surface area contributed by atoms with Crippen molar-refractivity contribution < 1.29 is 27.5 Å². The minimum atomic E-state index is -3.83. The molecule has 1 amide bonds. The van der Waals surface area contributed by atoms with E-state index in [9.17, 15) is 18.0 Å². The number of hydrogen-bond acceptors (Lipinski definition) is 7. The predicted molar refractivity (Wildman–Crippen MR) is 137 cm³/mol. The first kappa shape index (κ1) is 27.2. The van der Waals surface area contributed by atoms with E-state index in [4.69, 9.17) is 32.7 Å². The molecule has 0 fully saturated rings. The minimum Gasteiger partial charge on any atom is -0.493 e. The molecule has 3 aromatic rings. The van der Waals surface area contributed by atoms with Crippen LogP contribution in [0.4, 0.5) is 0 Å². The molecule has 188 valence electrons. The average molecular weight is 550 g/mol. The Morgan fingerprint density at radius 3 is 2.39 bits per heavy atom. The third-order valence-corrected chi connectivity index (χ3v) is 6.66. The second-order valence-electron chi connectivity index (χ2n) is 7.35. The van der Waals surface area contributed by atoms with Crippen LogP contribution < -0.4 is 19.6 Å². The van der Waals surface area contributed by atoms with Crippen LogP contribution in [0.1, 0.15) is 21.5 Å². The van der Waals surface area contributed by atoms with Gasteiger partial charge in [0.15, 0.2) is 11.5 Å². The number of ether oxygens (including phenoxy) is 2. The zero-order valence-corrected chi connectivity index (χ0v) is 21.4. The molecule has 0 aliphatic rings. The molecule has 0 atom stereocenters. The smallest absolute Gasteiger partial charge is 0.345 e. The maximum atomic E-state index is 12.5. The molecule has 0 saturated carbocycles. The summed E-state index contributed by atoms with van der Waals surface area (Å²) >= 11 is 11.9. The fraction of sp³-hybridized carbons (Fsp3) is 0.125. The van der Waals surface area contributed by atoms with Gasteiger partial charge in [-0.2, -0.15) is 5.10 Å². The summed E-state index contributed by atoms with van der Waals surface area (Å²) in [6, 6.07) is 15.2. The number of halogens is 2. The standard InChI is InChI=1S/C24H21Cl2N3O6S/c1-15-3-7-18(8-4-15)36(32,33)28-14-23(30)29-27-13-16-5-10-21(22(11-16)34-2)35-24(31)19-9-6-17(25)12-20(19)26/h3-13,28H,14H2,1-2H3,(H,29,30)/b27-13+. The van der Waals surface area contributed by atoms with E-state index in [1.54, 1.807) is 18.2 Å². The Bertz CT molecular complexity index is 1410. The first-order valence-corrected chi connectivity index (χ1v) is 12.6. The summed E-state index contributed by atoms with van der Waals surface area (Å²) in [5.41, 5.74) is 3.79. The fourth-order valence-electron chi connectivity index (χ4n) is 2.84. The second kappa shape index (κ2) is 12.0. The van der Waals surface area contributed by atoms with Crippen LogP contribution in [0.3, 0.4) is 0 Å². The van der Waals surface area contributed by atoms with Crippen molar-refractivity contribution in [1.29, 1.82) is 0 Å². The van der Waals surface area contributed by atoms with Crippen molar-refractivity contribution in [3.63, 3.8) is 0 Å². The quantitative estimate of drug-likeness (QED) is 0.180. The lowest BCUT2D eigenvalue weighted by molar-refractivity contribution is -0.119. The molecule has 0 aromatic heterocycles. The van der Waals surface area contributed by atoms with Gasteiger partial charge in [-0.25, -0.2) is 23.4 Å². The van der Waals surface area contributed by atoms with E-state index in [1.807, 2.05) is 6.92 Å². The lowest BCUT2D eigenvalue weighted by Gasteiger charge is -2.10. The number of methoxy groups -OCH3 is 1. The van der Waals surface area contributed by atoms with Gasteiger partial charge in [-0.3, -0.25) is 4.79 Å². The van der Waals surface area contributed by atoms with Crippen molar-refractivity contribution in [2.45, 2.75) is 11.8 Å². The largest absolute Gasteiger partial charge is 0.493 e. The van der Waals surface area contributed by atoms with Crippen molar-refractivity contribution in [1.82, 2.24) is 10.1 Å². The first-order valence-electron chi connectivity index (χ1n) is 10.3. The van der Waals surface area contributed by atoms with Crippen molar-refractivity contribution in [3.05, 3.63) is 87.4 Å². The van der Waals surface area contributed by atoms with E-state index in [-0.39, 0.29) is 27.0 Å². The van der Waals surface area contributed by atoms with E-state index < -0.39 is 28.4 Å². The maximum Gasteiger partial charge on any atom is 0.345 e. The van der Waals surface area contributed by atoms with Gasteiger partial charge in [-0.1, -0.05) is 40.9 Å². The Hall–Kier alpha value is -3.44. The van der Waals surface area contributed by atoms with Gasteiger partial charge in [-0.05, 0) is 61.0 Å². The van der Waals surface area contributed by atoms with Gasteiger partial charge in [0.25, 0.3) is 5.91 Å². The van der Waals surface area contributed by atoms with Crippen LogP contribution in [0, 0.1) is 6.92 Å². The molecule has 0 spiro atoms. The monoisotopic (exact) mass is 549 g/mol. The molecule has 0 aliphatic carbocycles. The van der Waals surface area contributed by atoms with E-state index in [2.05, 4.69) is 15.2 Å². The summed E-state index contributed by atoms with van der Waals surface area (Å²) in [5.74, 6) is -0.995. The Labute approximate surface area is 218 Å². The molecule has 12 heteroatoms. The number of amides is 1. The van der Waals surface area contributed by atoms with Crippen LogP contribution in [0.15, 0.2) is 70.7 Å². The molecule has 2 N–H and O–H groups in total. The van der Waals surface area contributed by atoms with Crippen molar-refractivity contribution in [3.8, 4) is 11.5 Å². The molecule has 0 aliphatic heterocycles. The summed E-state index contributed by atoms with van der Waals surface area (Å²) in [4.78, 5) is 24.5. The number of rotatable bonds is 9. The summed E-state index contributed by atoms with van der Waals surface area (Å²) in [5, 5.41) is 4.34. The molecule has 9 nitrogen and oxygen atoms in total. The highest BCUT2D eigenvalue weighted by Gasteiger charge is 2.17. The molecule has 0 heterocycles. The molecule has 0 saturated heterocycles. The second-order valence-corrected chi connectivity index (χ2v) is 9.97. The number of sulfonamides is 1. The molecule has 3 aromatic carbocycles. The SMILES string of the molecule is COc1cc(/C=N/NC(=O)CNS(=O)(=O)c2ccc(C)cc2)ccc1OC(=O)c1ccc(Cl)cc1Cl. The van der Waals surface area contributed by atoms with Crippen LogP contribution in [0.25, 0.3) is 0 Å². The first-order chi connectivity index (χ1) is 17.1. The molecule has 36 heavy (non-hydrogen) atoms. The Balaban J connectivity index is 1.58. The van der Waals surface area contributed by atoms with Gasteiger partial charge in [0.05, 0.1) is 35.4 Å². The number of esters is 1. The van der Waals surface area contributed by atoms with E-state index >= 15 is 0 Å². The number of carbonyl (C=O) groups is 2. The molecule has 0 bridgehead atoms. The highest BCUT2D eigenvalue weighted by Crippen LogP contribution is 2.30. The normalized spacial score (nSPS) is 11.3.